The van der Waals surface area contributed by atoms with Gasteiger partial charge in [0.05, 0.1) is 6.33 Å². The standard InChI is InChI=1S/C16H21N3O/c1-16(7-8-17-11-16)15-10-18-12-19(15)14-4-2-13(3-5-14)6-9-20/h2-5,10,12,17,20H,6-9,11H2,1H3. The van der Waals surface area contributed by atoms with Gasteiger partial charge in [0.25, 0.3) is 0 Å². The van der Waals surface area contributed by atoms with Crippen molar-refractivity contribution in [1.29, 1.82) is 0 Å². The minimum Gasteiger partial charge on any atom is -0.396 e. The van der Waals surface area contributed by atoms with E-state index in [2.05, 4.69) is 46.1 Å². The summed E-state index contributed by atoms with van der Waals surface area (Å²) < 4.78 is 2.18. The van der Waals surface area contributed by atoms with Crippen molar-refractivity contribution in [1.82, 2.24) is 14.9 Å². The van der Waals surface area contributed by atoms with Crippen LogP contribution in [0.3, 0.4) is 0 Å². The molecular formula is C16H21N3O. The van der Waals surface area contributed by atoms with E-state index in [9.17, 15) is 0 Å². The molecule has 1 fully saturated rings. The van der Waals surface area contributed by atoms with Gasteiger partial charge in [-0.15, -0.1) is 0 Å². The van der Waals surface area contributed by atoms with Crippen LogP contribution in [0.1, 0.15) is 24.6 Å². The van der Waals surface area contributed by atoms with Crippen molar-refractivity contribution in [2.24, 2.45) is 0 Å². The van der Waals surface area contributed by atoms with Crippen LogP contribution in [0.2, 0.25) is 0 Å². The summed E-state index contributed by atoms with van der Waals surface area (Å²) in [6.07, 6.45) is 5.72. The number of aliphatic hydroxyl groups is 1. The Morgan fingerprint density at radius 2 is 2.15 bits per heavy atom. The minimum atomic E-state index is 0.153. The molecule has 0 spiro atoms. The molecule has 2 aromatic rings. The second kappa shape index (κ2) is 5.38. The Morgan fingerprint density at radius 3 is 2.80 bits per heavy atom. The van der Waals surface area contributed by atoms with Crippen LogP contribution in [0.25, 0.3) is 5.69 Å². The van der Waals surface area contributed by atoms with Gasteiger partial charge in [-0.1, -0.05) is 19.1 Å². The normalized spacial score (nSPS) is 22.3. The van der Waals surface area contributed by atoms with Gasteiger partial charge in [0.1, 0.15) is 0 Å². The Hall–Kier alpha value is -1.65. The van der Waals surface area contributed by atoms with Gasteiger partial charge in [0, 0.05) is 36.1 Å². The topological polar surface area (TPSA) is 50.1 Å². The van der Waals surface area contributed by atoms with Crippen molar-refractivity contribution in [2.75, 3.05) is 19.7 Å². The van der Waals surface area contributed by atoms with Crippen LogP contribution in [-0.2, 0) is 11.8 Å². The number of rotatable bonds is 4. The Labute approximate surface area is 119 Å². The molecule has 106 valence electrons. The van der Waals surface area contributed by atoms with Gasteiger partial charge >= 0.3 is 0 Å². The first-order chi connectivity index (χ1) is 9.73. The van der Waals surface area contributed by atoms with Crippen LogP contribution in [0, 0.1) is 0 Å². The van der Waals surface area contributed by atoms with Crippen LogP contribution < -0.4 is 5.32 Å². The largest absolute Gasteiger partial charge is 0.396 e. The summed E-state index contributed by atoms with van der Waals surface area (Å²) in [6, 6.07) is 8.35. The van der Waals surface area contributed by atoms with Crippen LogP contribution in [0.15, 0.2) is 36.8 Å². The Balaban J connectivity index is 1.93. The van der Waals surface area contributed by atoms with Gasteiger partial charge < -0.3 is 15.0 Å². The smallest absolute Gasteiger partial charge is 0.0994 e. The first-order valence-corrected chi connectivity index (χ1v) is 7.17. The van der Waals surface area contributed by atoms with Crippen molar-refractivity contribution in [3.05, 3.63) is 48.0 Å². The van der Waals surface area contributed by atoms with E-state index >= 15 is 0 Å². The average Bonchev–Trinajstić information content (AvgIpc) is 3.09. The lowest BCUT2D eigenvalue weighted by Gasteiger charge is -2.24. The molecule has 1 aliphatic heterocycles. The molecule has 0 amide bonds. The first kappa shape index (κ1) is 13.3. The second-order valence-electron chi connectivity index (χ2n) is 5.78. The third-order valence-electron chi connectivity index (χ3n) is 4.24. The highest BCUT2D eigenvalue weighted by Gasteiger charge is 2.33. The lowest BCUT2D eigenvalue weighted by molar-refractivity contribution is 0.299. The van der Waals surface area contributed by atoms with E-state index in [4.69, 9.17) is 5.11 Å². The molecule has 4 nitrogen and oxygen atoms in total. The number of hydrogen-bond acceptors (Lipinski definition) is 3. The molecule has 1 unspecified atom stereocenters. The van der Waals surface area contributed by atoms with Crippen molar-refractivity contribution in [2.45, 2.75) is 25.2 Å². The molecule has 0 bridgehead atoms. The van der Waals surface area contributed by atoms with Gasteiger partial charge in [-0.05, 0) is 37.1 Å². The van der Waals surface area contributed by atoms with E-state index in [0.717, 1.165) is 30.8 Å². The zero-order valence-corrected chi connectivity index (χ0v) is 11.8. The summed E-state index contributed by atoms with van der Waals surface area (Å²) in [5.74, 6) is 0. The number of hydrogen-bond donors (Lipinski definition) is 2. The van der Waals surface area contributed by atoms with Crippen molar-refractivity contribution >= 4 is 0 Å². The monoisotopic (exact) mass is 271 g/mol. The molecule has 20 heavy (non-hydrogen) atoms. The van der Waals surface area contributed by atoms with Gasteiger partial charge in [-0.2, -0.15) is 0 Å². The number of imidazole rings is 1. The molecule has 1 aromatic heterocycles. The highest BCUT2D eigenvalue weighted by Crippen LogP contribution is 2.31. The molecule has 0 aliphatic carbocycles. The van der Waals surface area contributed by atoms with Gasteiger partial charge in [-0.25, -0.2) is 4.98 Å². The number of aliphatic hydroxyl groups excluding tert-OH is 1. The van der Waals surface area contributed by atoms with Gasteiger partial charge in [0.15, 0.2) is 0 Å². The van der Waals surface area contributed by atoms with E-state index in [-0.39, 0.29) is 12.0 Å². The summed E-state index contributed by atoms with van der Waals surface area (Å²) in [6.45, 7) is 4.55. The third-order valence-corrected chi connectivity index (χ3v) is 4.24. The summed E-state index contributed by atoms with van der Waals surface area (Å²) in [4.78, 5) is 4.34. The Bertz CT molecular complexity index is 568. The fraction of sp³-hybridized carbons (Fsp3) is 0.438. The maximum Gasteiger partial charge on any atom is 0.0994 e. The van der Waals surface area contributed by atoms with Gasteiger partial charge in [-0.3, -0.25) is 0 Å². The van der Waals surface area contributed by atoms with Crippen molar-refractivity contribution < 1.29 is 5.11 Å². The van der Waals surface area contributed by atoms with E-state index < -0.39 is 0 Å². The number of aromatic nitrogens is 2. The minimum absolute atomic E-state index is 0.153. The fourth-order valence-corrected chi connectivity index (χ4v) is 2.94. The molecule has 1 saturated heterocycles. The molecule has 1 atom stereocenters. The zero-order chi connectivity index (χ0) is 14.0. The van der Waals surface area contributed by atoms with Crippen LogP contribution in [0.5, 0.6) is 0 Å². The average molecular weight is 271 g/mol. The molecule has 1 aromatic carbocycles. The van der Waals surface area contributed by atoms with Crippen molar-refractivity contribution in [3.63, 3.8) is 0 Å². The van der Waals surface area contributed by atoms with E-state index in [1.54, 1.807) is 0 Å². The number of benzene rings is 1. The Morgan fingerprint density at radius 1 is 1.35 bits per heavy atom. The third kappa shape index (κ3) is 2.37. The van der Waals surface area contributed by atoms with E-state index in [0.29, 0.717) is 6.42 Å². The maximum atomic E-state index is 8.97. The number of nitrogens with zero attached hydrogens (tertiary/aromatic N) is 2. The predicted molar refractivity (Wildman–Crippen MR) is 79.2 cm³/mol. The molecule has 0 radical (unpaired) electrons. The lowest BCUT2D eigenvalue weighted by atomic mass is 9.86. The zero-order valence-electron chi connectivity index (χ0n) is 11.8. The van der Waals surface area contributed by atoms with Crippen LogP contribution in [0.4, 0.5) is 0 Å². The second-order valence-corrected chi connectivity index (χ2v) is 5.78. The quantitative estimate of drug-likeness (QED) is 0.889. The molecule has 1 aliphatic rings. The molecule has 4 heteroatoms. The highest BCUT2D eigenvalue weighted by atomic mass is 16.2. The van der Waals surface area contributed by atoms with Crippen LogP contribution in [-0.4, -0.2) is 34.4 Å². The molecule has 3 rings (SSSR count). The molecule has 2 heterocycles. The van der Waals surface area contributed by atoms with Crippen molar-refractivity contribution in [3.8, 4) is 5.69 Å². The first-order valence-electron chi connectivity index (χ1n) is 7.17. The van der Waals surface area contributed by atoms with Gasteiger partial charge in [0.2, 0.25) is 0 Å². The van der Waals surface area contributed by atoms with Crippen LogP contribution >= 0.6 is 0 Å². The summed E-state index contributed by atoms with van der Waals surface area (Å²) in [5, 5.41) is 12.4. The fourth-order valence-electron chi connectivity index (χ4n) is 2.94. The summed E-state index contributed by atoms with van der Waals surface area (Å²) in [5.41, 5.74) is 3.71. The Kier molecular flexibility index (Phi) is 3.59. The molecular weight excluding hydrogens is 250 g/mol. The highest BCUT2D eigenvalue weighted by molar-refractivity contribution is 5.38. The van der Waals surface area contributed by atoms with E-state index in [1.165, 1.54) is 5.69 Å². The predicted octanol–water partition coefficient (Wildman–Crippen LogP) is 1.66. The maximum absolute atomic E-state index is 8.97. The number of nitrogens with one attached hydrogen (secondary N) is 1. The summed E-state index contributed by atoms with van der Waals surface area (Å²) >= 11 is 0. The summed E-state index contributed by atoms with van der Waals surface area (Å²) in [7, 11) is 0. The van der Waals surface area contributed by atoms with E-state index in [1.807, 2.05) is 12.5 Å². The molecule has 2 N–H and O–H groups in total. The lowest BCUT2D eigenvalue weighted by Crippen LogP contribution is -2.27. The SMILES string of the molecule is CC1(c2cncn2-c2ccc(CCO)cc2)CCNC1. The molecule has 0 saturated carbocycles.